The van der Waals surface area contributed by atoms with Gasteiger partial charge >= 0.3 is 0 Å². The molecule has 2 atom stereocenters. The van der Waals surface area contributed by atoms with E-state index < -0.39 is 0 Å². The molecule has 0 radical (unpaired) electrons. The van der Waals surface area contributed by atoms with E-state index in [0.29, 0.717) is 12.5 Å². The number of fused-ring (bicyclic) bond motifs is 1. The van der Waals surface area contributed by atoms with E-state index in [-0.39, 0.29) is 36.1 Å². The molecule has 0 unspecified atom stereocenters. The van der Waals surface area contributed by atoms with Crippen LogP contribution >= 0.6 is 36.2 Å². The van der Waals surface area contributed by atoms with E-state index in [1.165, 1.54) is 19.3 Å². The number of halogens is 2. The normalized spacial score (nSPS) is 26.5. The third kappa shape index (κ3) is 3.75. The van der Waals surface area contributed by atoms with Gasteiger partial charge in [0.05, 0.1) is 22.7 Å². The topological polar surface area (TPSA) is 54.0 Å². The predicted molar refractivity (Wildman–Crippen MR) is 95.1 cm³/mol. The van der Waals surface area contributed by atoms with Gasteiger partial charge in [0.15, 0.2) is 0 Å². The summed E-state index contributed by atoms with van der Waals surface area (Å²) in [6.45, 7) is 4.53. The molecule has 0 spiro atoms. The Morgan fingerprint density at radius 1 is 1.50 bits per heavy atom. The van der Waals surface area contributed by atoms with Crippen LogP contribution in [0.3, 0.4) is 0 Å². The fraction of sp³-hybridized carbons (Fsp3) is 0.733. The molecule has 2 N–H and O–H groups in total. The van der Waals surface area contributed by atoms with Crippen molar-refractivity contribution >= 4 is 42.1 Å². The number of amides is 1. The maximum Gasteiger partial charge on any atom is 0.228 e. The number of carbonyl (C=O) groups is 1. The molecule has 3 rings (SSSR count). The standard InChI is InChI=1S/C15H23N3OS.2ClH/c1-2-13-18-12(9-20-13)8-17-14(19)15-6-4-3-5-11(15)7-16-10-15;;/h9,11,16H,2-8,10H2,1H3,(H,17,19);2*1H/t11-,15+;;/m0../s1. The molecule has 0 bridgehead atoms. The van der Waals surface area contributed by atoms with Crippen LogP contribution in [0.2, 0.25) is 0 Å². The number of aryl methyl sites for hydroxylation is 1. The quantitative estimate of drug-likeness (QED) is 0.862. The largest absolute Gasteiger partial charge is 0.350 e. The van der Waals surface area contributed by atoms with Gasteiger partial charge in [-0.2, -0.15) is 0 Å². The Labute approximate surface area is 148 Å². The summed E-state index contributed by atoms with van der Waals surface area (Å²) in [5.74, 6) is 0.760. The number of rotatable bonds is 4. The lowest BCUT2D eigenvalue weighted by atomic mass is 9.67. The molecule has 0 aromatic carbocycles. The van der Waals surface area contributed by atoms with Gasteiger partial charge in [0.25, 0.3) is 0 Å². The van der Waals surface area contributed by atoms with E-state index in [2.05, 4.69) is 27.9 Å². The van der Waals surface area contributed by atoms with Crippen LogP contribution in [0.4, 0.5) is 0 Å². The number of aromatic nitrogens is 1. The van der Waals surface area contributed by atoms with Gasteiger partial charge in [0.2, 0.25) is 5.91 Å². The SMILES string of the molecule is CCc1nc(CNC(=O)[C@@]23CCCC[C@H]2CNC3)cs1.Cl.Cl. The van der Waals surface area contributed by atoms with Gasteiger partial charge in [-0.15, -0.1) is 36.2 Å². The molecule has 1 saturated heterocycles. The second-order valence-electron chi connectivity index (χ2n) is 6.00. The molecule has 1 aliphatic heterocycles. The van der Waals surface area contributed by atoms with E-state index in [1.54, 1.807) is 11.3 Å². The van der Waals surface area contributed by atoms with Gasteiger partial charge in [0.1, 0.15) is 0 Å². The van der Waals surface area contributed by atoms with E-state index in [1.807, 2.05) is 0 Å². The zero-order valence-corrected chi connectivity index (χ0v) is 15.3. The van der Waals surface area contributed by atoms with E-state index in [0.717, 1.165) is 36.6 Å². The molecule has 1 amide bonds. The number of nitrogens with one attached hydrogen (secondary N) is 2. The molecule has 2 fully saturated rings. The molecule has 126 valence electrons. The number of hydrogen-bond acceptors (Lipinski definition) is 4. The molecule has 1 aliphatic carbocycles. The molecule has 22 heavy (non-hydrogen) atoms. The summed E-state index contributed by atoms with van der Waals surface area (Å²) in [5.41, 5.74) is 0.844. The number of thiazole rings is 1. The molecule has 1 saturated carbocycles. The zero-order chi connectivity index (χ0) is 14.0. The van der Waals surface area contributed by atoms with Crippen molar-refractivity contribution in [3.8, 4) is 0 Å². The minimum atomic E-state index is -0.151. The second kappa shape index (κ2) is 8.48. The monoisotopic (exact) mass is 365 g/mol. The summed E-state index contributed by atoms with van der Waals surface area (Å²) in [5, 5.41) is 9.76. The van der Waals surface area contributed by atoms with Crippen molar-refractivity contribution in [3.63, 3.8) is 0 Å². The number of hydrogen-bond donors (Lipinski definition) is 2. The van der Waals surface area contributed by atoms with Crippen LogP contribution < -0.4 is 10.6 Å². The van der Waals surface area contributed by atoms with Gasteiger partial charge < -0.3 is 10.6 Å². The van der Waals surface area contributed by atoms with Gasteiger partial charge in [-0.25, -0.2) is 4.98 Å². The van der Waals surface area contributed by atoms with E-state index in [9.17, 15) is 4.79 Å². The Morgan fingerprint density at radius 2 is 2.32 bits per heavy atom. The highest BCUT2D eigenvalue weighted by Gasteiger charge is 2.49. The molecule has 2 aliphatic rings. The molecular weight excluding hydrogens is 341 g/mol. The minimum Gasteiger partial charge on any atom is -0.350 e. The maximum atomic E-state index is 12.7. The van der Waals surface area contributed by atoms with Crippen molar-refractivity contribution in [1.82, 2.24) is 15.6 Å². The summed E-state index contributed by atoms with van der Waals surface area (Å²) in [7, 11) is 0. The lowest BCUT2D eigenvalue weighted by Crippen LogP contribution is -2.47. The van der Waals surface area contributed by atoms with Gasteiger partial charge in [-0.1, -0.05) is 19.8 Å². The summed E-state index contributed by atoms with van der Waals surface area (Å²) in [6, 6.07) is 0. The lowest BCUT2D eigenvalue weighted by molar-refractivity contribution is -0.134. The highest BCUT2D eigenvalue weighted by Crippen LogP contribution is 2.43. The minimum absolute atomic E-state index is 0. The smallest absolute Gasteiger partial charge is 0.228 e. The fourth-order valence-corrected chi connectivity index (χ4v) is 4.37. The van der Waals surface area contributed by atoms with E-state index >= 15 is 0 Å². The fourth-order valence-electron chi connectivity index (χ4n) is 3.63. The molecule has 1 aromatic rings. The van der Waals surface area contributed by atoms with Gasteiger partial charge in [0, 0.05) is 11.9 Å². The Kier molecular flexibility index (Phi) is 7.59. The molecule has 2 heterocycles. The first-order valence-electron chi connectivity index (χ1n) is 7.67. The third-order valence-electron chi connectivity index (χ3n) is 4.82. The van der Waals surface area contributed by atoms with Gasteiger partial charge in [-0.3, -0.25) is 4.79 Å². The van der Waals surface area contributed by atoms with Crippen molar-refractivity contribution < 1.29 is 4.79 Å². The van der Waals surface area contributed by atoms with Crippen molar-refractivity contribution in [1.29, 1.82) is 0 Å². The Morgan fingerprint density at radius 3 is 3.05 bits per heavy atom. The van der Waals surface area contributed by atoms with Crippen LogP contribution in [0, 0.1) is 11.3 Å². The Balaban J connectivity index is 0.00000121. The third-order valence-corrected chi connectivity index (χ3v) is 5.86. The summed E-state index contributed by atoms with van der Waals surface area (Å²) in [6.07, 6.45) is 5.65. The highest BCUT2D eigenvalue weighted by molar-refractivity contribution is 7.09. The summed E-state index contributed by atoms with van der Waals surface area (Å²) < 4.78 is 0. The zero-order valence-electron chi connectivity index (χ0n) is 12.9. The average Bonchev–Trinajstić information content (AvgIpc) is 3.11. The molecule has 4 nitrogen and oxygen atoms in total. The average molecular weight is 366 g/mol. The first kappa shape index (κ1) is 19.7. The van der Waals surface area contributed by atoms with Crippen molar-refractivity contribution in [3.05, 3.63) is 16.1 Å². The summed E-state index contributed by atoms with van der Waals surface area (Å²) in [4.78, 5) is 17.2. The lowest BCUT2D eigenvalue weighted by Gasteiger charge is -2.37. The summed E-state index contributed by atoms with van der Waals surface area (Å²) >= 11 is 1.68. The molecule has 7 heteroatoms. The predicted octanol–water partition coefficient (Wildman–Crippen LogP) is 2.95. The van der Waals surface area contributed by atoms with Crippen molar-refractivity contribution in [2.24, 2.45) is 11.3 Å². The van der Waals surface area contributed by atoms with Crippen LogP contribution in [0.1, 0.15) is 43.3 Å². The number of nitrogens with zero attached hydrogens (tertiary/aromatic N) is 1. The van der Waals surface area contributed by atoms with Crippen molar-refractivity contribution in [2.45, 2.75) is 45.6 Å². The Hall–Kier alpha value is -0.360. The van der Waals surface area contributed by atoms with E-state index in [4.69, 9.17) is 0 Å². The van der Waals surface area contributed by atoms with Crippen molar-refractivity contribution in [2.75, 3.05) is 13.1 Å². The van der Waals surface area contributed by atoms with Crippen LogP contribution in [-0.2, 0) is 17.8 Å². The maximum absolute atomic E-state index is 12.7. The molecule has 1 aromatic heterocycles. The van der Waals surface area contributed by atoms with Crippen LogP contribution in [0.5, 0.6) is 0 Å². The van der Waals surface area contributed by atoms with Crippen LogP contribution in [0.25, 0.3) is 0 Å². The highest BCUT2D eigenvalue weighted by atomic mass is 35.5. The Bertz CT molecular complexity index is 497. The first-order chi connectivity index (χ1) is 9.74. The second-order valence-corrected chi connectivity index (χ2v) is 6.94. The van der Waals surface area contributed by atoms with Gasteiger partial charge in [-0.05, 0) is 31.7 Å². The van der Waals surface area contributed by atoms with Crippen LogP contribution in [-0.4, -0.2) is 24.0 Å². The molecular formula is C15H25Cl2N3OS. The first-order valence-corrected chi connectivity index (χ1v) is 8.55. The number of carbonyl (C=O) groups excluding carboxylic acids is 1. The van der Waals surface area contributed by atoms with Crippen LogP contribution in [0.15, 0.2) is 5.38 Å².